The monoisotopic (exact) mass is 419 g/mol. The number of esters is 1. The second-order valence-electron chi connectivity index (χ2n) is 7.64. The van der Waals surface area contributed by atoms with Crippen LogP contribution in [0, 0.1) is 0 Å². The van der Waals surface area contributed by atoms with Crippen LogP contribution in [0.4, 0.5) is 5.69 Å². The Morgan fingerprint density at radius 2 is 1.81 bits per heavy atom. The summed E-state index contributed by atoms with van der Waals surface area (Å²) in [4.78, 5) is 26.7. The zero-order chi connectivity index (χ0) is 21.8. The van der Waals surface area contributed by atoms with Crippen molar-refractivity contribution in [3.05, 3.63) is 59.2 Å². The summed E-state index contributed by atoms with van der Waals surface area (Å²) in [5.74, 6) is 4.88. The Bertz CT molecular complexity index is 1040. The molecule has 2 aliphatic rings. The van der Waals surface area contributed by atoms with Crippen LogP contribution in [0.2, 0.25) is 0 Å². The van der Waals surface area contributed by atoms with Gasteiger partial charge in [0.1, 0.15) is 6.17 Å². The predicted octanol–water partition coefficient (Wildman–Crippen LogP) is 3.61. The average Bonchev–Trinajstić information content (AvgIpc) is 3.27. The summed E-state index contributed by atoms with van der Waals surface area (Å²) in [5, 5.41) is 10.6. The van der Waals surface area contributed by atoms with E-state index in [1.54, 1.807) is 6.08 Å². The Hall–Kier alpha value is -3.68. The van der Waals surface area contributed by atoms with Crippen molar-refractivity contribution in [2.24, 2.45) is 16.2 Å². The highest BCUT2D eigenvalue weighted by molar-refractivity contribution is 5.96. The minimum absolute atomic E-state index is 0.0842. The first-order valence-corrected chi connectivity index (χ1v) is 10.3. The number of ether oxygens (including phenoxy) is 1. The van der Waals surface area contributed by atoms with Crippen LogP contribution in [0.5, 0.6) is 0 Å². The van der Waals surface area contributed by atoms with E-state index in [1.165, 1.54) is 7.11 Å². The molecule has 0 saturated carbocycles. The molecule has 2 aromatic carbocycles. The number of hydrogen-bond donors (Lipinski definition) is 2. The Kier molecular flexibility index (Phi) is 5.97. The van der Waals surface area contributed by atoms with Gasteiger partial charge in [0.25, 0.3) is 5.91 Å². The molecule has 1 fully saturated rings. The minimum Gasteiger partial charge on any atom is -0.466 e. The molecule has 0 aliphatic carbocycles. The van der Waals surface area contributed by atoms with Crippen molar-refractivity contribution in [1.29, 1.82) is 0 Å². The van der Waals surface area contributed by atoms with Gasteiger partial charge in [0.05, 0.1) is 7.11 Å². The van der Waals surface area contributed by atoms with Crippen LogP contribution < -0.4 is 11.2 Å². The standard InChI is InChI=1S/C23H25N5O3/c1-31-23(30)19-13-18-12-17(8-9-20(18)25-21(14-19)26-27-24)15-4-6-16(7-5-15)22(29)28-10-2-3-11-28/h4-9,12-13,21,25H,2-3,10-11,14H2,1H3,(H2,24,26). The lowest BCUT2D eigenvalue weighted by atomic mass is 9.99. The van der Waals surface area contributed by atoms with Gasteiger partial charge in [-0.2, -0.15) is 0 Å². The van der Waals surface area contributed by atoms with Gasteiger partial charge in [0, 0.05) is 36.3 Å². The van der Waals surface area contributed by atoms with Crippen molar-refractivity contribution in [1.82, 2.24) is 4.90 Å². The third kappa shape index (κ3) is 4.42. The molecule has 8 nitrogen and oxygen atoms in total. The number of hydrogen-bond acceptors (Lipinski definition) is 6. The molecule has 160 valence electrons. The number of nitrogens with one attached hydrogen (secondary N) is 1. The van der Waals surface area contributed by atoms with Gasteiger partial charge in [-0.25, -0.2) is 4.79 Å². The largest absolute Gasteiger partial charge is 0.466 e. The molecule has 0 aromatic heterocycles. The van der Waals surface area contributed by atoms with Gasteiger partial charge >= 0.3 is 5.97 Å². The number of benzene rings is 2. The Labute approximate surface area is 180 Å². The van der Waals surface area contributed by atoms with E-state index >= 15 is 0 Å². The quantitative estimate of drug-likeness (QED) is 0.340. The zero-order valence-corrected chi connectivity index (χ0v) is 17.4. The van der Waals surface area contributed by atoms with Gasteiger partial charge in [-0.1, -0.05) is 23.4 Å². The van der Waals surface area contributed by atoms with Crippen molar-refractivity contribution >= 4 is 23.6 Å². The summed E-state index contributed by atoms with van der Waals surface area (Å²) in [6.45, 7) is 1.66. The number of nitrogens with zero attached hydrogens (tertiary/aromatic N) is 3. The Morgan fingerprint density at radius 3 is 2.48 bits per heavy atom. The number of amides is 1. The summed E-state index contributed by atoms with van der Waals surface area (Å²) >= 11 is 0. The molecule has 0 spiro atoms. The van der Waals surface area contributed by atoms with Gasteiger partial charge < -0.3 is 20.8 Å². The van der Waals surface area contributed by atoms with E-state index in [9.17, 15) is 9.59 Å². The lowest BCUT2D eigenvalue weighted by Gasteiger charge is -2.16. The first-order chi connectivity index (χ1) is 15.1. The van der Waals surface area contributed by atoms with Crippen molar-refractivity contribution in [3.8, 4) is 11.1 Å². The number of anilines is 1. The van der Waals surface area contributed by atoms with Crippen molar-refractivity contribution in [2.45, 2.75) is 25.4 Å². The van der Waals surface area contributed by atoms with Crippen LogP contribution in [0.3, 0.4) is 0 Å². The smallest absolute Gasteiger partial charge is 0.333 e. The van der Waals surface area contributed by atoms with Crippen LogP contribution in [0.15, 0.2) is 58.4 Å². The normalized spacial score (nSPS) is 18.2. The molecule has 2 heterocycles. The molecule has 1 atom stereocenters. The second-order valence-corrected chi connectivity index (χ2v) is 7.64. The van der Waals surface area contributed by atoms with Crippen molar-refractivity contribution in [2.75, 3.05) is 25.5 Å². The minimum atomic E-state index is -0.460. The van der Waals surface area contributed by atoms with Crippen molar-refractivity contribution in [3.63, 3.8) is 0 Å². The molecule has 2 aliphatic heterocycles. The molecular formula is C23H25N5O3. The molecule has 4 rings (SSSR count). The molecule has 8 heteroatoms. The van der Waals surface area contributed by atoms with E-state index in [1.807, 2.05) is 47.4 Å². The number of methoxy groups -OCH3 is 1. The summed E-state index contributed by atoms with van der Waals surface area (Å²) < 4.78 is 4.90. The fourth-order valence-electron chi connectivity index (χ4n) is 4.01. The van der Waals surface area contributed by atoms with E-state index in [0.29, 0.717) is 17.6 Å². The van der Waals surface area contributed by atoms with Gasteiger partial charge in [-0.05, 0) is 59.9 Å². The zero-order valence-electron chi connectivity index (χ0n) is 17.4. The highest BCUT2D eigenvalue weighted by atomic mass is 16.5. The molecule has 31 heavy (non-hydrogen) atoms. The molecule has 1 saturated heterocycles. The fraction of sp³-hybridized carbons (Fsp3) is 0.304. The number of carbonyl (C=O) groups is 2. The summed E-state index contributed by atoms with van der Waals surface area (Å²) in [6.07, 6.45) is 3.79. The van der Waals surface area contributed by atoms with E-state index < -0.39 is 12.1 Å². The lowest BCUT2D eigenvalue weighted by molar-refractivity contribution is -0.136. The van der Waals surface area contributed by atoms with Crippen LogP contribution in [0.1, 0.15) is 35.2 Å². The van der Waals surface area contributed by atoms with E-state index in [-0.39, 0.29) is 5.91 Å². The highest BCUT2D eigenvalue weighted by Crippen LogP contribution is 2.31. The number of rotatable bonds is 4. The highest BCUT2D eigenvalue weighted by Gasteiger charge is 2.22. The molecule has 0 bridgehead atoms. The fourth-order valence-corrected chi connectivity index (χ4v) is 4.01. The third-order valence-corrected chi connectivity index (χ3v) is 5.63. The molecule has 2 aromatic rings. The third-order valence-electron chi connectivity index (χ3n) is 5.63. The van der Waals surface area contributed by atoms with Crippen LogP contribution in [-0.4, -0.2) is 43.1 Å². The maximum absolute atomic E-state index is 12.6. The lowest BCUT2D eigenvalue weighted by Crippen LogP contribution is -2.27. The number of nitrogens with two attached hydrogens (primary N) is 1. The number of fused-ring (bicyclic) bond motifs is 1. The second kappa shape index (κ2) is 8.99. The summed E-state index contributed by atoms with van der Waals surface area (Å²) in [5.41, 5.74) is 4.79. The van der Waals surface area contributed by atoms with E-state index in [0.717, 1.165) is 48.3 Å². The van der Waals surface area contributed by atoms with Gasteiger partial charge in [-0.15, -0.1) is 5.11 Å². The molecule has 1 unspecified atom stereocenters. The van der Waals surface area contributed by atoms with Gasteiger partial charge in [0.15, 0.2) is 0 Å². The molecule has 0 radical (unpaired) electrons. The maximum Gasteiger partial charge on any atom is 0.333 e. The van der Waals surface area contributed by atoms with Gasteiger partial charge in [-0.3, -0.25) is 4.79 Å². The predicted molar refractivity (Wildman–Crippen MR) is 118 cm³/mol. The van der Waals surface area contributed by atoms with Crippen molar-refractivity contribution < 1.29 is 14.3 Å². The van der Waals surface area contributed by atoms with Crippen LogP contribution >= 0.6 is 0 Å². The molecule has 3 N–H and O–H groups in total. The topological polar surface area (TPSA) is 109 Å². The number of likely N-dealkylation sites (tertiary alicyclic amines) is 1. The first kappa shape index (κ1) is 20.6. The van der Waals surface area contributed by atoms with E-state index in [2.05, 4.69) is 15.7 Å². The average molecular weight is 419 g/mol. The van der Waals surface area contributed by atoms with Crippen LogP contribution in [-0.2, 0) is 9.53 Å². The van der Waals surface area contributed by atoms with E-state index in [4.69, 9.17) is 10.6 Å². The Balaban J connectivity index is 1.63. The van der Waals surface area contributed by atoms with Crippen LogP contribution in [0.25, 0.3) is 17.2 Å². The summed E-state index contributed by atoms with van der Waals surface area (Å²) in [7, 11) is 1.35. The SMILES string of the molecule is COC(=O)C1=Cc2cc(-c3ccc(C(=O)N4CCCC4)cc3)ccc2NC(N=NN)C1. The maximum atomic E-state index is 12.6. The number of carbonyl (C=O) groups excluding carboxylic acids is 2. The summed E-state index contributed by atoms with van der Waals surface area (Å²) in [6, 6.07) is 13.5. The molecule has 1 amide bonds. The molecular weight excluding hydrogens is 394 g/mol. The van der Waals surface area contributed by atoms with Gasteiger partial charge in [0.2, 0.25) is 0 Å². The Morgan fingerprint density at radius 1 is 1.10 bits per heavy atom. The first-order valence-electron chi connectivity index (χ1n) is 10.3.